The average Bonchev–Trinajstić information content (AvgIpc) is 2.38. The van der Waals surface area contributed by atoms with E-state index in [1.54, 1.807) is 0 Å². The number of aryl methyl sites for hydroxylation is 1. The van der Waals surface area contributed by atoms with E-state index in [1.807, 2.05) is 0 Å². The molecule has 0 spiro atoms. The van der Waals surface area contributed by atoms with Gasteiger partial charge in [-0.25, -0.2) is 0 Å². The molecule has 1 heteroatoms. The molecule has 0 amide bonds. The fourth-order valence-electron chi connectivity index (χ4n) is 2.23. The molecule has 0 aliphatic carbocycles. The van der Waals surface area contributed by atoms with Crippen molar-refractivity contribution < 1.29 is 0 Å². The largest absolute Gasteiger partial charge is 0.118 e. The molecule has 2 aromatic carbocycles. The van der Waals surface area contributed by atoms with Crippen LogP contribution < -0.4 is 0 Å². The van der Waals surface area contributed by atoms with Gasteiger partial charge in [-0.1, -0.05) is 56.7 Å². The highest BCUT2D eigenvalue weighted by atomic mass is 35.5. The molecule has 2 atom stereocenters. The van der Waals surface area contributed by atoms with Crippen molar-refractivity contribution in [3.63, 3.8) is 0 Å². The minimum Gasteiger partial charge on any atom is -0.118 e. The summed E-state index contributed by atoms with van der Waals surface area (Å²) in [5, 5.41) is 2.72. The normalized spacial score (nSPS) is 14.8. The van der Waals surface area contributed by atoms with E-state index in [9.17, 15) is 0 Å². The van der Waals surface area contributed by atoms with Gasteiger partial charge in [0, 0.05) is 0 Å². The summed E-state index contributed by atoms with van der Waals surface area (Å²) in [5.74, 6) is 0.503. The van der Waals surface area contributed by atoms with Gasteiger partial charge in [-0.2, -0.15) is 0 Å². The Labute approximate surface area is 109 Å². The first-order valence-electron chi connectivity index (χ1n) is 6.27. The molecule has 0 saturated heterocycles. The van der Waals surface area contributed by atoms with Crippen LogP contribution in [0.2, 0.25) is 0 Å². The molecule has 2 unspecified atom stereocenters. The molecule has 0 saturated carbocycles. The number of hydrogen-bond acceptors (Lipinski definition) is 0. The number of alkyl halides is 1. The third kappa shape index (κ3) is 2.32. The second-order valence-corrected chi connectivity index (χ2v) is 5.27. The molecule has 17 heavy (non-hydrogen) atoms. The number of rotatable bonds is 3. The van der Waals surface area contributed by atoms with Gasteiger partial charge >= 0.3 is 0 Å². The minimum atomic E-state index is 0.102. The van der Waals surface area contributed by atoms with Crippen molar-refractivity contribution in [3.05, 3.63) is 47.5 Å². The maximum absolute atomic E-state index is 6.59. The Bertz CT molecular complexity index is 516. The molecule has 0 heterocycles. The molecule has 90 valence electrons. The zero-order valence-electron chi connectivity index (χ0n) is 10.7. The van der Waals surface area contributed by atoms with Crippen molar-refractivity contribution in [2.24, 2.45) is 5.92 Å². The van der Waals surface area contributed by atoms with Crippen LogP contribution in [0.15, 0.2) is 36.4 Å². The van der Waals surface area contributed by atoms with Gasteiger partial charge in [0.1, 0.15) is 0 Å². The first kappa shape index (κ1) is 12.4. The summed E-state index contributed by atoms with van der Waals surface area (Å²) >= 11 is 6.59. The molecule has 0 fully saturated rings. The highest BCUT2D eigenvalue weighted by Crippen LogP contribution is 2.36. The Balaban J connectivity index is 2.59. The van der Waals surface area contributed by atoms with Crippen LogP contribution in [0.4, 0.5) is 0 Å². The number of fused-ring (bicyclic) bond motifs is 1. The molecule has 2 aromatic rings. The molecule has 0 nitrogen and oxygen atoms in total. The number of halogens is 1. The lowest BCUT2D eigenvalue weighted by Crippen LogP contribution is -2.03. The van der Waals surface area contributed by atoms with Crippen molar-refractivity contribution in [2.75, 3.05) is 0 Å². The molecular formula is C16H19Cl. The van der Waals surface area contributed by atoms with Gasteiger partial charge in [0.25, 0.3) is 0 Å². The van der Waals surface area contributed by atoms with Crippen LogP contribution >= 0.6 is 11.6 Å². The van der Waals surface area contributed by atoms with Gasteiger partial charge in [0.15, 0.2) is 0 Å². The third-order valence-electron chi connectivity index (χ3n) is 3.62. The Kier molecular flexibility index (Phi) is 3.73. The number of hydrogen-bond donors (Lipinski definition) is 0. The van der Waals surface area contributed by atoms with E-state index in [-0.39, 0.29) is 5.38 Å². The Morgan fingerprint density at radius 1 is 1.06 bits per heavy atom. The van der Waals surface area contributed by atoms with E-state index in [0.717, 1.165) is 6.42 Å². The summed E-state index contributed by atoms with van der Waals surface area (Å²) in [4.78, 5) is 0. The summed E-state index contributed by atoms with van der Waals surface area (Å²) in [7, 11) is 0. The fraction of sp³-hybridized carbons (Fsp3) is 0.375. The number of benzene rings is 2. The maximum Gasteiger partial charge on any atom is 0.0616 e. The summed E-state index contributed by atoms with van der Waals surface area (Å²) < 4.78 is 0. The van der Waals surface area contributed by atoms with Gasteiger partial charge in [-0.05, 0) is 34.7 Å². The molecule has 0 aliphatic rings. The smallest absolute Gasteiger partial charge is 0.0616 e. The minimum absolute atomic E-state index is 0.102. The molecular weight excluding hydrogens is 228 g/mol. The van der Waals surface area contributed by atoms with E-state index in [0.29, 0.717) is 5.92 Å². The van der Waals surface area contributed by atoms with E-state index in [1.165, 1.54) is 21.9 Å². The predicted octanol–water partition coefficient (Wildman–Crippen LogP) is 5.47. The lowest BCUT2D eigenvalue weighted by Gasteiger charge is -2.19. The molecule has 0 bridgehead atoms. The topological polar surface area (TPSA) is 0 Å². The molecule has 0 aliphatic heterocycles. The van der Waals surface area contributed by atoms with E-state index >= 15 is 0 Å². The Hall–Kier alpha value is -1.01. The first-order valence-corrected chi connectivity index (χ1v) is 6.71. The predicted molar refractivity (Wildman–Crippen MR) is 76.7 cm³/mol. The Morgan fingerprint density at radius 3 is 2.35 bits per heavy atom. The monoisotopic (exact) mass is 246 g/mol. The lowest BCUT2D eigenvalue weighted by atomic mass is 9.92. The van der Waals surface area contributed by atoms with Crippen molar-refractivity contribution in [1.29, 1.82) is 0 Å². The third-order valence-corrected chi connectivity index (χ3v) is 4.28. The van der Waals surface area contributed by atoms with Crippen LogP contribution in [0.1, 0.15) is 36.8 Å². The summed E-state index contributed by atoms with van der Waals surface area (Å²) in [6.45, 7) is 6.56. The second kappa shape index (κ2) is 5.10. The van der Waals surface area contributed by atoms with Crippen molar-refractivity contribution >= 4 is 22.4 Å². The molecule has 0 N–H and O–H groups in total. The Morgan fingerprint density at radius 2 is 1.71 bits per heavy atom. The standard InChI is InChI=1S/C16H19Cl/c1-4-11(2)16(17)15-10-9-12(3)13-7-5-6-8-14(13)15/h5-11,16H,4H2,1-3H3. The van der Waals surface area contributed by atoms with Crippen LogP contribution in [0, 0.1) is 12.8 Å². The molecule has 0 aromatic heterocycles. The van der Waals surface area contributed by atoms with Crippen LogP contribution in [-0.4, -0.2) is 0 Å². The highest BCUT2D eigenvalue weighted by Gasteiger charge is 2.17. The van der Waals surface area contributed by atoms with Crippen molar-refractivity contribution in [2.45, 2.75) is 32.6 Å². The fourth-order valence-corrected chi connectivity index (χ4v) is 2.60. The van der Waals surface area contributed by atoms with Gasteiger partial charge in [0.2, 0.25) is 0 Å². The lowest BCUT2D eigenvalue weighted by molar-refractivity contribution is 0.544. The van der Waals surface area contributed by atoms with E-state index in [2.05, 4.69) is 57.2 Å². The zero-order valence-corrected chi connectivity index (χ0v) is 11.5. The van der Waals surface area contributed by atoms with Gasteiger partial charge < -0.3 is 0 Å². The van der Waals surface area contributed by atoms with Crippen molar-refractivity contribution in [1.82, 2.24) is 0 Å². The van der Waals surface area contributed by atoms with E-state index in [4.69, 9.17) is 11.6 Å². The van der Waals surface area contributed by atoms with Gasteiger partial charge in [-0.3, -0.25) is 0 Å². The van der Waals surface area contributed by atoms with E-state index < -0.39 is 0 Å². The summed E-state index contributed by atoms with van der Waals surface area (Å²) in [6.07, 6.45) is 1.11. The van der Waals surface area contributed by atoms with Crippen LogP contribution in [0.5, 0.6) is 0 Å². The van der Waals surface area contributed by atoms with Crippen LogP contribution in [-0.2, 0) is 0 Å². The van der Waals surface area contributed by atoms with Gasteiger partial charge in [-0.15, -0.1) is 11.6 Å². The summed E-state index contributed by atoms with van der Waals surface area (Å²) in [6, 6.07) is 12.9. The molecule has 0 radical (unpaired) electrons. The zero-order chi connectivity index (χ0) is 12.4. The van der Waals surface area contributed by atoms with Crippen LogP contribution in [0.25, 0.3) is 10.8 Å². The maximum atomic E-state index is 6.59. The molecule has 2 rings (SSSR count). The SMILES string of the molecule is CCC(C)C(Cl)c1ccc(C)c2ccccc12. The first-order chi connectivity index (χ1) is 8.15. The van der Waals surface area contributed by atoms with Crippen molar-refractivity contribution in [3.8, 4) is 0 Å². The second-order valence-electron chi connectivity index (χ2n) is 4.80. The quantitative estimate of drug-likeness (QED) is 0.630. The highest BCUT2D eigenvalue weighted by molar-refractivity contribution is 6.22. The van der Waals surface area contributed by atoms with Gasteiger partial charge in [0.05, 0.1) is 5.38 Å². The van der Waals surface area contributed by atoms with Crippen LogP contribution in [0.3, 0.4) is 0 Å². The summed E-state index contributed by atoms with van der Waals surface area (Å²) in [5.41, 5.74) is 2.58. The average molecular weight is 247 g/mol.